The van der Waals surface area contributed by atoms with E-state index in [9.17, 15) is 8.42 Å². The molecule has 0 saturated carbocycles. The molecule has 32 heavy (non-hydrogen) atoms. The summed E-state index contributed by atoms with van der Waals surface area (Å²) >= 11 is 0. The summed E-state index contributed by atoms with van der Waals surface area (Å²) in [6.07, 6.45) is 0. The van der Waals surface area contributed by atoms with Crippen LogP contribution in [0.4, 0.5) is 0 Å². The highest BCUT2D eigenvalue weighted by Gasteiger charge is 2.34. The first-order valence-corrected chi connectivity index (χ1v) is 12.6. The molecule has 0 saturated heterocycles. The van der Waals surface area contributed by atoms with Gasteiger partial charge in [0.2, 0.25) is 10.0 Å². The van der Waals surface area contributed by atoms with Crippen molar-refractivity contribution >= 4 is 10.0 Å². The number of rotatable bonds is 8. The van der Waals surface area contributed by atoms with Crippen LogP contribution < -0.4 is 5.32 Å². The van der Waals surface area contributed by atoms with Gasteiger partial charge in [0.1, 0.15) is 0 Å². The lowest BCUT2D eigenvalue weighted by atomic mass is 9.87. The van der Waals surface area contributed by atoms with E-state index < -0.39 is 10.0 Å². The lowest BCUT2D eigenvalue weighted by Crippen LogP contribution is -2.39. The maximum atomic E-state index is 13.5. The first-order valence-electron chi connectivity index (χ1n) is 11.0. The quantitative estimate of drug-likeness (QED) is 0.497. The van der Waals surface area contributed by atoms with E-state index in [2.05, 4.69) is 26.1 Å². The Labute approximate surface area is 193 Å². The van der Waals surface area contributed by atoms with Gasteiger partial charge in [0.25, 0.3) is 0 Å². The third kappa shape index (κ3) is 5.66. The minimum Gasteiger partial charge on any atom is -0.311 e. The zero-order chi connectivity index (χ0) is 23.4. The maximum Gasteiger partial charge on any atom is 0.218 e. The first kappa shape index (κ1) is 24.2. The van der Waals surface area contributed by atoms with Crippen LogP contribution in [0.25, 0.3) is 0 Å². The van der Waals surface area contributed by atoms with Crippen molar-refractivity contribution in [3.8, 4) is 0 Å². The van der Waals surface area contributed by atoms with Crippen LogP contribution in [-0.4, -0.2) is 26.8 Å². The standard InChI is InChI=1S/C27H34N2O2S/c1-27(2,3)24-18-16-21(17-19-24)20-32(30,31)29(5)26(23-14-10-7-11-15-23)25(28-4)22-12-8-6-9-13-22/h6-19,25-26,28H,20H2,1-5H3. The molecule has 0 aliphatic rings. The largest absolute Gasteiger partial charge is 0.311 e. The first-order chi connectivity index (χ1) is 15.1. The van der Waals surface area contributed by atoms with Gasteiger partial charge in [0.15, 0.2) is 0 Å². The van der Waals surface area contributed by atoms with Gasteiger partial charge in [-0.15, -0.1) is 0 Å². The third-order valence-electron chi connectivity index (χ3n) is 5.93. The number of nitrogens with zero attached hydrogens (tertiary/aromatic N) is 1. The summed E-state index contributed by atoms with van der Waals surface area (Å²) in [5, 5.41) is 3.35. The van der Waals surface area contributed by atoms with E-state index in [4.69, 9.17) is 0 Å². The predicted molar refractivity (Wildman–Crippen MR) is 133 cm³/mol. The third-order valence-corrected chi connectivity index (χ3v) is 7.73. The maximum absolute atomic E-state index is 13.5. The van der Waals surface area contributed by atoms with Crippen molar-refractivity contribution in [1.29, 1.82) is 0 Å². The summed E-state index contributed by atoms with van der Waals surface area (Å²) < 4.78 is 28.6. The zero-order valence-electron chi connectivity index (χ0n) is 19.6. The highest BCUT2D eigenvalue weighted by molar-refractivity contribution is 7.88. The highest BCUT2D eigenvalue weighted by Crippen LogP contribution is 2.35. The SMILES string of the molecule is CNC(c1ccccc1)C(c1ccccc1)N(C)S(=O)(=O)Cc1ccc(C(C)(C)C)cc1. The summed E-state index contributed by atoms with van der Waals surface area (Å²) in [4.78, 5) is 0. The molecule has 0 aliphatic heterocycles. The van der Waals surface area contributed by atoms with Crippen LogP contribution >= 0.6 is 0 Å². The van der Waals surface area contributed by atoms with Gasteiger partial charge in [-0.2, -0.15) is 4.31 Å². The molecule has 0 amide bonds. The molecule has 3 aromatic carbocycles. The van der Waals surface area contributed by atoms with Crippen molar-refractivity contribution in [3.05, 3.63) is 107 Å². The summed E-state index contributed by atoms with van der Waals surface area (Å²) in [6, 6.07) is 27.1. The normalized spacial score (nSPS) is 14.3. The molecule has 0 heterocycles. The van der Waals surface area contributed by atoms with Crippen LogP contribution in [0.15, 0.2) is 84.9 Å². The van der Waals surface area contributed by atoms with Crippen molar-refractivity contribution in [2.75, 3.05) is 14.1 Å². The molecule has 0 aliphatic carbocycles. The molecule has 0 fully saturated rings. The van der Waals surface area contributed by atoms with Crippen molar-refractivity contribution < 1.29 is 8.42 Å². The van der Waals surface area contributed by atoms with Crippen molar-refractivity contribution in [3.63, 3.8) is 0 Å². The van der Waals surface area contributed by atoms with Gasteiger partial charge in [-0.3, -0.25) is 0 Å². The Hall–Kier alpha value is -2.47. The molecule has 170 valence electrons. The number of benzene rings is 3. The average molecular weight is 451 g/mol. The van der Waals surface area contributed by atoms with E-state index in [-0.39, 0.29) is 23.3 Å². The van der Waals surface area contributed by atoms with Crippen LogP contribution in [0, 0.1) is 0 Å². The van der Waals surface area contributed by atoms with Crippen molar-refractivity contribution in [2.24, 2.45) is 0 Å². The summed E-state index contributed by atoms with van der Waals surface area (Å²) in [5.41, 5.74) is 4.00. The van der Waals surface area contributed by atoms with E-state index >= 15 is 0 Å². The summed E-state index contributed by atoms with van der Waals surface area (Å²) in [6.45, 7) is 6.45. The van der Waals surface area contributed by atoms with Gasteiger partial charge >= 0.3 is 0 Å². The van der Waals surface area contributed by atoms with Gasteiger partial charge in [-0.25, -0.2) is 8.42 Å². The fourth-order valence-corrected chi connectivity index (χ4v) is 5.42. The molecule has 4 nitrogen and oxygen atoms in total. The molecule has 5 heteroatoms. The van der Waals surface area contributed by atoms with Crippen molar-refractivity contribution in [2.45, 2.75) is 44.0 Å². The fourth-order valence-electron chi connectivity index (χ4n) is 4.02. The second kappa shape index (κ2) is 9.99. The molecule has 1 N–H and O–H groups in total. The van der Waals surface area contributed by atoms with E-state index in [1.807, 2.05) is 92.0 Å². The van der Waals surface area contributed by atoms with Gasteiger partial charge in [-0.05, 0) is 34.7 Å². The van der Waals surface area contributed by atoms with Gasteiger partial charge < -0.3 is 5.32 Å². The minimum atomic E-state index is -3.58. The second-order valence-electron chi connectivity index (χ2n) is 9.25. The molecule has 0 aromatic heterocycles. The highest BCUT2D eigenvalue weighted by atomic mass is 32.2. The molecular weight excluding hydrogens is 416 g/mol. The molecule has 3 rings (SSSR count). The molecule has 2 atom stereocenters. The topological polar surface area (TPSA) is 49.4 Å². The predicted octanol–water partition coefficient (Wildman–Crippen LogP) is 5.45. The van der Waals surface area contributed by atoms with Gasteiger partial charge in [0, 0.05) is 7.05 Å². The Morgan fingerprint density at radius 2 is 1.31 bits per heavy atom. The number of likely N-dealkylation sites (N-methyl/N-ethyl adjacent to an activating group) is 2. The van der Waals surface area contributed by atoms with Crippen LogP contribution in [0.3, 0.4) is 0 Å². The van der Waals surface area contributed by atoms with Crippen LogP contribution in [0.1, 0.15) is 55.1 Å². The number of sulfonamides is 1. The lowest BCUT2D eigenvalue weighted by molar-refractivity contribution is 0.301. The minimum absolute atomic E-state index is 0.0301. The van der Waals surface area contributed by atoms with Gasteiger partial charge in [-0.1, -0.05) is 106 Å². The van der Waals surface area contributed by atoms with Crippen molar-refractivity contribution in [1.82, 2.24) is 9.62 Å². The molecule has 3 aromatic rings. The molecule has 0 bridgehead atoms. The number of hydrogen-bond acceptors (Lipinski definition) is 3. The van der Waals surface area contributed by atoms with Crippen LogP contribution in [0.2, 0.25) is 0 Å². The molecular formula is C27H34N2O2S. The second-order valence-corrected chi connectivity index (χ2v) is 11.3. The van der Waals surface area contributed by atoms with E-state index in [1.54, 1.807) is 7.05 Å². The summed E-state index contributed by atoms with van der Waals surface area (Å²) in [5.74, 6) is -0.0392. The number of nitrogens with one attached hydrogen (secondary N) is 1. The monoisotopic (exact) mass is 450 g/mol. The number of hydrogen-bond donors (Lipinski definition) is 1. The van der Waals surface area contributed by atoms with E-state index in [1.165, 1.54) is 9.87 Å². The smallest absolute Gasteiger partial charge is 0.218 e. The van der Waals surface area contributed by atoms with Crippen LogP contribution in [0.5, 0.6) is 0 Å². The Morgan fingerprint density at radius 1 is 0.812 bits per heavy atom. The Balaban J connectivity index is 1.95. The summed E-state index contributed by atoms with van der Waals surface area (Å²) in [7, 11) is -0.0202. The fraction of sp³-hybridized carbons (Fsp3) is 0.333. The Morgan fingerprint density at radius 3 is 1.78 bits per heavy atom. The Bertz CT molecular complexity index is 1090. The van der Waals surface area contributed by atoms with E-state index in [0.29, 0.717) is 0 Å². The molecule has 0 radical (unpaired) electrons. The Kier molecular flexibility index (Phi) is 7.55. The van der Waals surface area contributed by atoms with Gasteiger partial charge in [0.05, 0.1) is 17.8 Å². The molecule has 2 unspecified atom stereocenters. The van der Waals surface area contributed by atoms with E-state index in [0.717, 1.165) is 16.7 Å². The average Bonchev–Trinajstić information content (AvgIpc) is 2.77. The lowest BCUT2D eigenvalue weighted by Gasteiger charge is -2.34. The van der Waals surface area contributed by atoms with Crippen LogP contribution in [-0.2, 0) is 21.2 Å². The molecule has 0 spiro atoms. The zero-order valence-corrected chi connectivity index (χ0v) is 20.4.